The van der Waals surface area contributed by atoms with Crippen LogP contribution in [-0.2, 0) is 13.0 Å². The SMILES string of the molecule is COc1ccc2cc3[n+](cc2c1)CCc1cc2c(cc1-3)OCO2.[Br-]. The van der Waals surface area contributed by atoms with Crippen LogP contribution in [0.25, 0.3) is 22.0 Å². The Kier molecular flexibility index (Phi) is 3.61. The van der Waals surface area contributed by atoms with Gasteiger partial charge in [0.25, 0.3) is 0 Å². The van der Waals surface area contributed by atoms with Crippen molar-refractivity contribution in [3.8, 4) is 28.5 Å². The number of pyridine rings is 1. The molecule has 5 heteroatoms. The first-order valence-corrected chi connectivity index (χ1v) is 7.76. The molecule has 3 aromatic rings. The molecule has 1 aromatic heterocycles. The van der Waals surface area contributed by atoms with Crippen molar-refractivity contribution in [2.45, 2.75) is 13.0 Å². The van der Waals surface area contributed by atoms with Gasteiger partial charge in [-0.05, 0) is 35.2 Å². The van der Waals surface area contributed by atoms with Crippen LogP contribution in [0.1, 0.15) is 5.56 Å². The van der Waals surface area contributed by atoms with Gasteiger partial charge in [0.15, 0.2) is 24.2 Å². The number of nitrogens with zero attached hydrogens (tertiary/aromatic N) is 1. The third kappa shape index (κ3) is 2.23. The number of methoxy groups -OCH3 is 1. The average Bonchev–Trinajstić information content (AvgIpc) is 3.05. The summed E-state index contributed by atoms with van der Waals surface area (Å²) >= 11 is 0. The summed E-state index contributed by atoms with van der Waals surface area (Å²) in [4.78, 5) is 0. The van der Waals surface area contributed by atoms with Gasteiger partial charge >= 0.3 is 0 Å². The van der Waals surface area contributed by atoms with Gasteiger partial charge in [-0.15, -0.1) is 0 Å². The van der Waals surface area contributed by atoms with Crippen molar-refractivity contribution in [3.63, 3.8) is 0 Å². The lowest BCUT2D eigenvalue weighted by Crippen LogP contribution is -3.00. The van der Waals surface area contributed by atoms with Crippen LogP contribution in [0.3, 0.4) is 0 Å². The first-order valence-electron chi connectivity index (χ1n) is 7.76. The van der Waals surface area contributed by atoms with Gasteiger partial charge in [0.1, 0.15) is 5.75 Å². The maximum absolute atomic E-state index is 5.55. The highest BCUT2D eigenvalue weighted by atomic mass is 79.9. The van der Waals surface area contributed by atoms with E-state index in [0.717, 1.165) is 30.2 Å². The Morgan fingerprint density at radius 3 is 2.67 bits per heavy atom. The molecule has 0 amide bonds. The van der Waals surface area contributed by atoms with E-state index in [4.69, 9.17) is 14.2 Å². The summed E-state index contributed by atoms with van der Waals surface area (Å²) in [6.07, 6.45) is 3.21. The molecule has 2 aromatic carbocycles. The highest BCUT2D eigenvalue weighted by Crippen LogP contribution is 2.40. The second-order valence-corrected chi connectivity index (χ2v) is 5.96. The zero-order chi connectivity index (χ0) is 15.4. The van der Waals surface area contributed by atoms with E-state index >= 15 is 0 Å². The predicted octanol–water partition coefficient (Wildman–Crippen LogP) is 0.0917. The Labute approximate surface area is 150 Å². The van der Waals surface area contributed by atoms with Crippen LogP contribution in [0, 0.1) is 0 Å². The zero-order valence-corrected chi connectivity index (χ0v) is 14.8. The smallest absolute Gasteiger partial charge is 0.231 e. The summed E-state index contributed by atoms with van der Waals surface area (Å²) in [5, 5.41) is 2.40. The number of fused-ring (bicyclic) bond motifs is 5. The lowest BCUT2D eigenvalue weighted by atomic mass is 9.95. The lowest BCUT2D eigenvalue weighted by molar-refractivity contribution is -0.686. The van der Waals surface area contributed by atoms with E-state index in [1.165, 1.54) is 27.6 Å². The molecule has 0 bridgehead atoms. The Hall–Kier alpha value is -2.27. The molecule has 0 fully saturated rings. The fraction of sp³-hybridized carbons (Fsp3) is 0.211. The quantitative estimate of drug-likeness (QED) is 0.556. The summed E-state index contributed by atoms with van der Waals surface area (Å²) in [6, 6.07) is 12.7. The van der Waals surface area contributed by atoms with Crippen LogP contribution in [-0.4, -0.2) is 13.9 Å². The van der Waals surface area contributed by atoms with E-state index < -0.39 is 0 Å². The number of aromatic nitrogens is 1. The van der Waals surface area contributed by atoms with Crippen molar-refractivity contribution in [2.24, 2.45) is 0 Å². The van der Waals surface area contributed by atoms with Crippen LogP contribution >= 0.6 is 0 Å². The van der Waals surface area contributed by atoms with Crippen molar-refractivity contribution in [2.75, 3.05) is 13.9 Å². The Bertz CT molecular complexity index is 955. The van der Waals surface area contributed by atoms with Gasteiger partial charge in [0.2, 0.25) is 12.5 Å². The molecule has 2 aliphatic heterocycles. The van der Waals surface area contributed by atoms with Crippen molar-refractivity contribution in [1.29, 1.82) is 0 Å². The maximum atomic E-state index is 5.55. The fourth-order valence-corrected chi connectivity index (χ4v) is 3.48. The zero-order valence-electron chi connectivity index (χ0n) is 13.2. The molecule has 0 aliphatic carbocycles. The normalized spacial score (nSPS) is 13.9. The van der Waals surface area contributed by atoms with E-state index in [9.17, 15) is 0 Å². The molecule has 0 spiro atoms. The van der Waals surface area contributed by atoms with Crippen molar-refractivity contribution < 1.29 is 35.8 Å². The van der Waals surface area contributed by atoms with Gasteiger partial charge in [-0.25, -0.2) is 0 Å². The van der Waals surface area contributed by atoms with E-state index in [2.05, 4.69) is 41.1 Å². The number of benzene rings is 2. The molecule has 0 radical (unpaired) electrons. The summed E-state index contributed by atoms with van der Waals surface area (Å²) in [5.74, 6) is 2.59. The highest BCUT2D eigenvalue weighted by Gasteiger charge is 2.27. The highest BCUT2D eigenvalue weighted by molar-refractivity contribution is 5.86. The summed E-state index contributed by atoms with van der Waals surface area (Å²) in [5.41, 5.74) is 3.78. The number of hydrogen-bond donors (Lipinski definition) is 0. The number of hydrogen-bond acceptors (Lipinski definition) is 3. The molecule has 4 nitrogen and oxygen atoms in total. The molecule has 0 N–H and O–H groups in total. The maximum Gasteiger partial charge on any atom is 0.231 e. The van der Waals surface area contributed by atoms with Gasteiger partial charge in [0, 0.05) is 17.9 Å². The molecule has 2 aliphatic rings. The van der Waals surface area contributed by atoms with Crippen LogP contribution in [0.5, 0.6) is 17.2 Å². The summed E-state index contributed by atoms with van der Waals surface area (Å²) in [7, 11) is 1.70. The molecule has 0 atom stereocenters. The number of ether oxygens (including phenoxy) is 3. The largest absolute Gasteiger partial charge is 1.00 e. The van der Waals surface area contributed by atoms with Crippen LogP contribution in [0.15, 0.2) is 42.6 Å². The van der Waals surface area contributed by atoms with E-state index in [0.29, 0.717) is 6.79 Å². The molecular weight excluding hydrogens is 370 g/mol. The van der Waals surface area contributed by atoms with Crippen molar-refractivity contribution >= 4 is 10.8 Å². The Morgan fingerprint density at radius 2 is 1.83 bits per heavy atom. The number of halogens is 1. The fourth-order valence-electron chi connectivity index (χ4n) is 3.48. The molecule has 0 saturated heterocycles. The third-order valence-corrected chi connectivity index (χ3v) is 4.69. The Morgan fingerprint density at radius 1 is 1.00 bits per heavy atom. The second kappa shape index (κ2) is 5.67. The predicted molar refractivity (Wildman–Crippen MR) is 86.0 cm³/mol. The van der Waals surface area contributed by atoms with Crippen LogP contribution in [0.2, 0.25) is 0 Å². The minimum Gasteiger partial charge on any atom is -1.00 e. The molecule has 0 saturated carbocycles. The van der Waals surface area contributed by atoms with Crippen molar-refractivity contribution in [3.05, 3.63) is 48.2 Å². The third-order valence-electron chi connectivity index (χ3n) is 4.69. The minimum absolute atomic E-state index is 0. The molecule has 5 rings (SSSR count). The second-order valence-electron chi connectivity index (χ2n) is 5.96. The van der Waals surface area contributed by atoms with Crippen LogP contribution in [0.4, 0.5) is 0 Å². The number of aryl methyl sites for hydroxylation is 2. The molecule has 24 heavy (non-hydrogen) atoms. The average molecular weight is 386 g/mol. The molecule has 122 valence electrons. The number of rotatable bonds is 1. The van der Waals surface area contributed by atoms with Crippen molar-refractivity contribution in [1.82, 2.24) is 0 Å². The topological polar surface area (TPSA) is 31.6 Å². The van der Waals surface area contributed by atoms with Crippen LogP contribution < -0.4 is 35.8 Å². The minimum atomic E-state index is 0. The standard InChI is InChI=1S/C19H16NO3.BrH/c1-21-15-3-2-12-7-17-16-9-19-18(22-11-23-19)8-13(16)4-5-20(17)10-14(12)6-15;/h2-3,6-10H,4-5,11H2,1H3;1H/q+1;/p-1. The first-order chi connectivity index (χ1) is 11.3. The molecule has 0 unspecified atom stereocenters. The molecular formula is C19H16BrNO3. The lowest BCUT2D eigenvalue weighted by Gasteiger charge is -2.16. The molecule has 3 heterocycles. The van der Waals surface area contributed by atoms with Gasteiger partial charge in [0.05, 0.1) is 12.7 Å². The van der Waals surface area contributed by atoms with Gasteiger partial charge in [-0.2, -0.15) is 4.57 Å². The van der Waals surface area contributed by atoms with Gasteiger partial charge in [-0.3, -0.25) is 0 Å². The summed E-state index contributed by atoms with van der Waals surface area (Å²) in [6.45, 7) is 1.28. The van der Waals surface area contributed by atoms with Gasteiger partial charge in [-0.1, -0.05) is 6.07 Å². The monoisotopic (exact) mass is 385 g/mol. The first kappa shape index (κ1) is 15.3. The summed E-state index contributed by atoms with van der Waals surface area (Å²) < 4.78 is 18.7. The Balaban J connectivity index is 0.00000146. The van der Waals surface area contributed by atoms with E-state index in [1.54, 1.807) is 7.11 Å². The van der Waals surface area contributed by atoms with E-state index in [1.807, 2.05) is 6.07 Å². The van der Waals surface area contributed by atoms with Gasteiger partial charge < -0.3 is 31.2 Å². The van der Waals surface area contributed by atoms with E-state index in [-0.39, 0.29) is 17.0 Å².